The van der Waals surface area contributed by atoms with Gasteiger partial charge in [0.15, 0.2) is 0 Å². The number of amides is 1. The quantitative estimate of drug-likeness (QED) is 0.565. The second kappa shape index (κ2) is 8.09. The maximum atomic E-state index is 13.0. The lowest BCUT2D eigenvalue weighted by atomic mass is 9.86. The Bertz CT molecular complexity index is 968. The second-order valence-corrected chi connectivity index (χ2v) is 7.21. The van der Waals surface area contributed by atoms with Crippen LogP contribution in [-0.2, 0) is 5.54 Å². The number of nitrogens with zero attached hydrogens (tertiary/aromatic N) is 1. The highest BCUT2D eigenvalue weighted by Crippen LogP contribution is 2.28. The van der Waals surface area contributed by atoms with E-state index in [2.05, 4.69) is 42.4 Å². The molecular weight excluding hydrogens is 334 g/mol. The lowest BCUT2D eigenvalue weighted by molar-refractivity contribution is 0.0894. The van der Waals surface area contributed by atoms with Gasteiger partial charge in [-0.1, -0.05) is 56.5 Å². The van der Waals surface area contributed by atoms with Gasteiger partial charge >= 0.3 is 0 Å². The van der Waals surface area contributed by atoms with Crippen molar-refractivity contribution in [1.82, 2.24) is 10.3 Å². The molecule has 0 bridgehead atoms. The highest BCUT2D eigenvalue weighted by atomic mass is 16.2. The van der Waals surface area contributed by atoms with E-state index in [-0.39, 0.29) is 5.91 Å². The summed E-state index contributed by atoms with van der Waals surface area (Å²) in [6.45, 7) is 4.27. The summed E-state index contributed by atoms with van der Waals surface area (Å²) in [7, 11) is 0. The molecule has 0 saturated heterocycles. The third-order valence-electron chi connectivity index (χ3n) is 5.08. The fourth-order valence-corrected chi connectivity index (χ4v) is 3.46. The Morgan fingerprint density at radius 1 is 1.15 bits per heavy atom. The molecule has 0 aliphatic rings. The van der Waals surface area contributed by atoms with E-state index in [1.54, 1.807) is 12.1 Å². The van der Waals surface area contributed by atoms with Crippen LogP contribution in [0.1, 0.15) is 61.1 Å². The predicted molar refractivity (Wildman–Crippen MR) is 108 cm³/mol. The molecular formula is C23H25N3O. The van der Waals surface area contributed by atoms with Crippen LogP contribution in [0.2, 0.25) is 0 Å². The Kier molecular flexibility index (Phi) is 5.61. The number of aromatic nitrogens is 1. The Labute approximate surface area is 160 Å². The van der Waals surface area contributed by atoms with Gasteiger partial charge in [0, 0.05) is 10.9 Å². The van der Waals surface area contributed by atoms with E-state index in [4.69, 9.17) is 5.26 Å². The maximum Gasteiger partial charge on any atom is 0.268 e. The summed E-state index contributed by atoms with van der Waals surface area (Å²) in [4.78, 5) is 16.1. The van der Waals surface area contributed by atoms with Crippen LogP contribution in [0.3, 0.4) is 0 Å². The van der Waals surface area contributed by atoms with Gasteiger partial charge in [0.05, 0.1) is 17.2 Å². The molecule has 2 aromatic carbocycles. The van der Waals surface area contributed by atoms with Gasteiger partial charge in [-0.2, -0.15) is 5.26 Å². The summed E-state index contributed by atoms with van der Waals surface area (Å²) in [5.41, 5.74) is 2.63. The fraction of sp³-hybridized carbons (Fsp3) is 0.304. The van der Waals surface area contributed by atoms with E-state index >= 15 is 0 Å². The number of aromatic amines is 1. The summed E-state index contributed by atoms with van der Waals surface area (Å²) in [6.07, 6.45) is 4.22. The van der Waals surface area contributed by atoms with Crippen molar-refractivity contribution in [2.24, 2.45) is 0 Å². The number of hydrogen-bond donors (Lipinski definition) is 2. The number of unbranched alkanes of at least 4 members (excludes halogenated alkanes) is 2. The minimum absolute atomic E-state index is 0.132. The minimum Gasteiger partial charge on any atom is -0.351 e. The summed E-state index contributed by atoms with van der Waals surface area (Å²) in [5, 5.41) is 13.2. The molecule has 0 aliphatic heterocycles. The Balaban J connectivity index is 1.86. The molecule has 1 unspecified atom stereocenters. The van der Waals surface area contributed by atoms with Gasteiger partial charge in [0.2, 0.25) is 0 Å². The first-order valence-electron chi connectivity index (χ1n) is 9.46. The Hall–Kier alpha value is -3.06. The van der Waals surface area contributed by atoms with Gasteiger partial charge in [-0.3, -0.25) is 4.79 Å². The van der Waals surface area contributed by atoms with Crippen LogP contribution in [0.4, 0.5) is 0 Å². The molecule has 1 amide bonds. The smallest absolute Gasteiger partial charge is 0.268 e. The van der Waals surface area contributed by atoms with Crippen molar-refractivity contribution in [2.75, 3.05) is 0 Å². The number of benzene rings is 2. The third kappa shape index (κ3) is 4.20. The van der Waals surface area contributed by atoms with Crippen LogP contribution in [-0.4, -0.2) is 10.9 Å². The molecule has 3 aromatic rings. The Morgan fingerprint density at radius 2 is 1.93 bits per heavy atom. The van der Waals surface area contributed by atoms with Crippen molar-refractivity contribution in [3.05, 3.63) is 71.4 Å². The summed E-state index contributed by atoms with van der Waals surface area (Å²) >= 11 is 0. The third-order valence-corrected chi connectivity index (χ3v) is 5.08. The summed E-state index contributed by atoms with van der Waals surface area (Å²) < 4.78 is 0. The monoisotopic (exact) mass is 359 g/mol. The fourth-order valence-electron chi connectivity index (χ4n) is 3.46. The average Bonchev–Trinajstić information content (AvgIpc) is 3.12. The van der Waals surface area contributed by atoms with E-state index in [1.165, 1.54) is 0 Å². The van der Waals surface area contributed by atoms with Crippen LogP contribution in [0.15, 0.2) is 54.6 Å². The number of carbonyl (C=O) groups is 1. The van der Waals surface area contributed by atoms with Crippen molar-refractivity contribution in [2.45, 2.75) is 45.1 Å². The first kappa shape index (κ1) is 18.7. The van der Waals surface area contributed by atoms with Crippen molar-refractivity contribution in [3.8, 4) is 6.07 Å². The maximum absolute atomic E-state index is 13.0. The topological polar surface area (TPSA) is 68.7 Å². The highest BCUT2D eigenvalue weighted by Gasteiger charge is 2.28. The highest BCUT2D eigenvalue weighted by molar-refractivity contribution is 5.98. The van der Waals surface area contributed by atoms with E-state index in [0.29, 0.717) is 11.3 Å². The number of nitriles is 1. The Morgan fingerprint density at radius 3 is 2.63 bits per heavy atom. The van der Waals surface area contributed by atoms with Gasteiger partial charge in [-0.05, 0) is 43.2 Å². The van der Waals surface area contributed by atoms with Gasteiger partial charge in [0.25, 0.3) is 5.91 Å². The zero-order chi connectivity index (χ0) is 19.3. The van der Waals surface area contributed by atoms with Crippen molar-refractivity contribution < 1.29 is 4.79 Å². The molecule has 4 heteroatoms. The molecule has 1 atom stereocenters. The molecule has 0 fully saturated rings. The molecule has 0 aliphatic carbocycles. The van der Waals surface area contributed by atoms with E-state index in [0.717, 1.165) is 42.1 Å². The van der Waals surface area contributed by atoms with Crippen LogP contribution in [0.5, 0.6) is 0 Å². The van der Waals surface area contributed by atoms with E-state index < -0.39 is 5.54 Å². The average molecular weight is 359 g/mol. The lowest BCUT2D eigenvalue weighted by Gasteiger charge is -2.31. The molecule has 1 aromatic heterocycles. The van der Waals surface area contributed by atoms with Crippen molar-refractivity contribution >= 4 is 16.8 Å². The second-order valence-electron chi connectivity index (χ2n) is 7.21. The summed E-state index contributed by atoms with van der Waals surface area (Å²) in [5.74, 6) is -0.132. The molecule has 2 N–H and O–H groups in total. The molecule has 27 heavy (non-hydrogen) atoms. The summed E-state index contributed by atoms with van der Waals surface area (Å²) in [6, 6.07) is 19.4. The number of fused-ring (bicyclic) bond motifs is 1. The minimum atomic E-state index is -0.428. The lowest BCUT2D eigenvalue weighted by Crippen LogP contribution is -2.43. The zero-order valence-corrected chi connectivity index (χ0v) is 15.9. The molecule has 138 valence electrons. The molecule has 0 spiro atoms. The SMILES string of the molecule is CCCCCC(C)(NC(=O)c1cc2cc(C#N)ccc2[nH]1)c1ccccc1. The number of hydrogen-bond acceptors (Lipinski definition) is 2. The van der Waals surface area contributed by atoms with Gasteiger partial charge in [-0.25, -0.2) is 0 Å². The normalized spacial score (nSPS) is 13.1. The molecule has 0 radical (unpaired) electrons. The van der Waals surface area contributed by atoms with Crippen molar-refractivity contribution in [3.63, 3.8) is 0 Å². The van der Waals surface area contributed by atoms with E-state index in [9.17, 15) is 4.79 Å². The van der Waals surface area contributed by atoms with Gasteiger partial charge in [0.1, 0.15) is 5.69 Å². The van der Waals surface area contributed by atoms with Gasteiger partial charge < -0.3 is 10.3 Å². The number of nitrogens with one attached hydrogen (secondary N) is 2. The van der Waals surface area contributed by atoms with Gasteiger partial charge in [-0.15, -0.1) is 0 Å². The van der Waals surface area contributed by atoms with E-state index in [1.807, 2.05) is 30.3 Å². The first-order valence-corrected chi connectivity index (χ1v) is 9.46. The largest absolute Gasteiger partial charge is 0.351 e. The molecule has 0 saturated carbocycles. The standard InChI is InChI=1S/C23H25N3O/c1-3-4-8-13-23(2,19-9-6-5-7-10-19)26-22(27)21-15-18-14-17(16-24)11-12-20(18)25-21/h5-7,9-12,14-15,25H,3-4,8,13H2,1-2H3,(H,26,27). The number of H-pyrrole nitrogens is 1. The van der Waals surface area contributed by atoms with Crippen LogP contribution < -0.4 is 5.32 Å². The number of carbonyl (C=O) groups excluding carboxylic acids is 1. The molecule has 3 rings (SSSR count). The van der Waals surface area contributed by atoms with Crippen LogP contribution in [0.25, 0.3) is 10.9 Å². The van der Waals surface area contributed by atoms with Crippen LogP contribution in [0, 0.1) is 11.3 Å². The predicted octanol–water partition coefficient (Wildman–Crippen LogP) is 5.27. The van der Waals surface area contributed by atoms with Crippen LogP contribution >= 0.6 is 0 Å². The van der Waals surface area contributed by atoms with Crippen molar-refractivity contribution in [1.29, 1.82) is 5.26 Å². The molecule has 1 heterocycles. The number of rotatable bonds is 7. The zero-order valence-electron chi connectivity index (χ0n) is 15.9. The molecule has 4 nitrogen and oxygen atoms in total. The first-order chi connectivity index (χ1) is 13.1.